The smallest absolute Gasteiger partial charge is 0.166 e. The Morgan fingerprint density at radius 2 is 2.00 bits per heavy atom. The molecule has 0 aliphatic carbocycles. The molecule has 0 N–H and O–H groups in total. The lowest BCUT2D eigenvalue weighted by molar-refractivity contribution is 0.0975. The number of hydrogen-bond donors (Lipinski definition) is 0. The highest BCUT2D eigenvalue weighted by Crippen LogP contribution is 2.34. The fourth-order valence-electron chi connectivity index (χ4n) is 1.93. The minimum atomic E-state index is 0.0393. The van der Waals surface area contributed by atoms with Crippen molar-refractivity contribution in [3.05, 3.63) is 27.8 Å². The van der Waals surface area contributed by atoms with Crippen molar-refractivity contribution in [1.29, 1.82) is 0 Å². The third-order valence-corrected chi connectivity index (χ3v) is 3.16. The zero-order valence-corrected chi connectivity index (χ0v) is 12.5. The maximum absolute atomic E-state index is 12.2. The van der Waals surface area contributed by atoms with Crippen molar-refractivity contribution in [3.8, 4) is 5.75 Å². The third kappa shape index (κ3) is 3.26. The summed E-state index contributed by atoms with van der Waals surface area (Å²) in [7, 11) is 0. The van der Waals surface area contributed by atoms with E-state index in [0.29, 0.717) is 22.8 Å². The number of hydrogen-bond acceptors (Lipinski definition) is 2. The second-order valence-corrected chi connectivity index (χ2v) is 5.25. The highest BCUT2D eigenvalue weighted by Gasteiger charge is 2.20. The summed E-state index contributed by atoms with van der Waals surface area (Å²) < 4.78 is 5.80. The molecule has 100 valence electrons. The summed E-state index contributed by atoms with van der Waals surface area (Å²) in [6.45, 7) is 9.70. The van der Waals surface area contributed by atoms with Gasteiger partial charge in [0, 0.05) is 11.4 Å². The van der Waals surface area contributed by atoms with Crippen LogP contribution < -0.4 is 4.74 Å². The lowest BCUT2D eigenvalue weighted by Crippen LogP contribution is -2.13. The maximum Gasteiger partial charge on any atom is 0.166 e. The zero-order chi connectivity index (χ0) is 13.9. The fourth-order valence-corrected chi connectivity index (χ4v) is 2.18. The minimum Gasteiger partial charge on any atom is -0.490 e. The molecule has 1 aromatic carbocycles. The quantitative estimate of drug-likeness (QED) is 0.722. The molecule has 0 saturated heterocycles. The van der Waals surface area contributed by atoms with Crippen LogP contribution in [0.4, 0.5) is 0 Å². The van der Waals surface area contributed by atoms with Crippen LogP contribution in [0.2, 0.25) is 5.02 Å². The Morgan fingerprint density at radius 3 is 2.50 bits per heavy atom. The van der Waals surface area contributed by atoms with Crippen molar-refractivity contribution >= 4 is 17.4 Å². The standard InChI is InChI=1S/C15H21ClO2/c1-6-7-13(17)14-11(5)12(16)8-10(4)15(14)18-9(2)3/h8-9H,6-7H2,1-5H3. The summed E-state index contributed by atoms with van der Waals surface area (Å²) in [5.74, 6) is 0.793. The molecule has 0 spiro atoms. The van der Waals surface area contributed by atoms with Crippen LogP contribution in [0.15, 0.2) is 6.07 Å². The van der Waals surface area contributed by atoms with Gasteiger partial charge in [-0.2, -0.15) is 0 Å². The molecule has 0 aliphatic rings. The van der Waals surface area contributed by atoms with Gasteiger partial charge in [-0.1, -0.05) is 18.5 Å². The van der Waals surface area contributed by atoms with E-state index in [0.717, 1.165) is 17.5 Å². The number of rotatable bonds is 5. The SMILES string of the molecule is CCCC(=O)c1c(C)c(Cl)cc(C)c1OC(C)C. The molecule has 0 unspecified atom stereocenters. The van der Waals surface area contributed by atoms with Gasteiger partial charge in [-0.15, -0.1) is 0 Å². The van der Waals surface area contributed by atoms with Gasteiger partial charge in [0.1, 0.15) is 5.75 Å². The first-order valence-corrected chi connectivity index (χ1v) is 6.75. The van der Waals surface area contributed by atoms with E-state index in [-0.39, 0.29) is 11.9 Å². The van der Waals surface area contributed by atoms with Crippen LogP contribution in [0.1, 0.15) is 55.1 Å². The van der Waals surface area contributed by atoms with E-state index in [2.05, 4.69) is 0 Å². The average molecular weight is 269 g/mol. The van der Waals surface area contributed by atoms with Crippen LogP contribution in [0, 0.1) is 13.8 Å². The van der Waals surface area contributed by atoms with Crippen molar-refractivity contribution in [3.63, 3.8) is 0 Å². The lowest BCUT2D eigenvalue weighted by Gasteiger charge is -2.19. The summed E-state index contributed by atoms with van der Waals surface area (Å²) in [4.78, 5) is 12.2. The van der Waals surface area contributed by atoms with Gasteiger partial charge >= 0.3 is 0 Å². The number of ether oxygens (including phenoxy) is 1. The Balaban J connectivity index is 3.37. The molecule has 3 heteroatoms. The predicted octanol–water partition coefficient (Wildman–Crippen LogP) is 4.73. The van der Waals surface area contributed by atoms with Crippen molar-refractivity contribution in [2.75, 3.05) is 0 Å². The molecule has 0 atom stereocenters. The van der Waals surface area contributed by atoms with E-state index in [4.69, 9.17) is 16.3 Å². The van der Waals surface area contributed by atoms with Crippen LogP contribution in [0.25, 0.3) is 0 Å². The monoisotopic (exact) mass is 268 g/mol. The first-order chi connectivity index (χ1) is 8.38. The number of benzene rings is 1. The molecule has 0 radical (unpaired) electrons. The first-order valence-electron chi connectivity index (χ1n) is 6.38. The van der Waals surface area contributed by atoms with Gasteiger partial charge in [-0.25, -0.2) is 0 Å². The molecule has 0 fully saturated rings. The highest BCUT2D eigenvalue weighted by molar-refractivity contribution is 6.32. The Labute approximate surface area is 114 Å². The fraction of sp³-hybridized carbons (Fsp3) is 0.533. The second kappa shape index (κ2) is 6.24. The molecule has 0 amide bonds. The van der Waals surface area contributed by atoms with Crippen LogP contribution in [0.5, 0.6) is 5.75 Å². The molecule has 0 bridgehead atoms. The van der Waals surface area contributed by atoms with E-state index in [1.807, 2.05) is 40.7 Å². The Kier molecular flexibility index (Phi) is 5.21. The number of halogens is 1. The zero-order valence-electron chi connectivity index (χ0n) is 11.8. The van der Waals surface area contributed by atoms with Gasteiger partial charge < -0.3 is 4.74 Å². The molecule has 0 saturated carbocycles. The van der Waals surface area contributed by atoms with E-state index in [9.17, 15) is 4.79 Å². The number of ketones is 1. The predicted molar refractivity (Wildman–Crippen MR) is 75.9 cm³/mol. The third-order valence-electron chi connectivity index (χ3n) is 2.77. The van der Waals surface area contributed by atoms with Gasteiger partial charge in [0.15, 0.2) is 5.78 Å². The number of Topliss-reactive ketones (excluding diaryl/α,β-unsaturated/α-hetero) is 1. The Bertz CT molecular complexity index is 450. The van der Waals surface area contributed by atoms with Crippen LogP contribution in [-0.2, 0) is 0 Å². The van der Waals surface area contributed by atoms with Crippen LogP contribution >= 0.6 is 11.6 Å². The molecular weight excluding hydrogens is 248 g/mol. The summed E-state index contributed by atoms with van der Waals surface area (Å²) >= 11 is 6.16. The normalized spacial score (nSPS) is 10.8. The topological polar surface area (TPSA) is 26.3 Å². The molecule has 0 aliphatic heterocycles. The van der Waals surface area contributed by atoms with E-state index in [1.54, 1.807) is 0 Å². The molecule has 0 aromatic heterocycles. The number of carbonyl (C=O) groups excluding carboxylic acids is 1. The van der Waals surface area contributed by atoms with Crippen molar-refractivity contribution in [2.24, 2.45) is 0 Å². The van der Waals surface area contributed by atoms with E-state index < -0.39 is 0 Å². The first kappa shape index (κ1) is 15.0. The summed E-state index contributed by atoms with van der Waals surface area (Å²) in [6, 6.07) is 1.86. The molecule has 2 nitrogen and oxygen atoms in total. The summed E-state index contributed by atoms with van der Waals surface area (Å²) in [6.07, 6.45) is 1.39. The number of carbonyl (C=O) groups is 1. The van der Waals surface area contributed by atoms with E-state index in [1.165, 1.54) is 0 Å². The summed E-state index contributed by atoms with van der Waals surface area (Å²) in [5, 5.41) is 0.628. The number of aryl methyl sites for hydroxylation is 1. The lowest BCUT2D eigenvalue weighted by atomic mass is 9.97. The highest BCUT2D eigenvalue weighted by atomic mass is 35.5. The largest absolute Gasteiger partial charge is 0.490 e. The van der Waals surface area contributed by atoms with Crippen molar-refractivity contribution in [2.45, 2.75) is 53.6 Å². The molecule has 0 heterocycles. The minimum absolute atomic E-state index is 0.0393. The van der Waals surface area contributed by atoms with Crippen molar-refractivity contribution in [1.82, 2.24) is 0 Å². The Morgan fingerprint density at radius 1 is 1.39 bits per heavy atom. The van der Waals surface area contributed by atoms with Gasteiger partial charge in [-0.3, -0.25) is 4.79 Å². The van der Waals surface area contributed by atoms with Gasteiger partial charge in [0.2, 0.25) is 0 Å². The molecular formula is C15H21ClO2. The maximum atomic E-state index is 12.2. The van der Waals surface area contributed by atoms with Crippen molar-refractivity contribution < 1.29 is 9.53 Å². The Hall–Kier alpha value is -1.02. The summed E-state index contributed by atoms with van der Waals surface area (Å²) in [5.41, 5.74) is 2.38. The van der Waals surface area contributed by atoms with Crippen LogP contribution in [-0.4, -0.2) is 11.9 Å². The van der Waals surface area contributed by atoms with Gasteiger partial charge in [-0.05, 0) is 51.3 Å². The molecule has 1 rings (SSSR count). The van der Waals surface area contributed by atoms with Gasteiger partial charge in [0.25, 0.3) is 0 Å². The van der Waals surface area contributed by atoms with E-state index >= 15 is 0 Å². The van der Waals surface area contributed by atoms with Crippen LogP contribution in [0.3, 0.4) is 0 Å². The average Bonchev–Trinajstić information content (AvgIpc) is 2.25. The van der Waals surface area contributed by atoms with Gasteiger partial charge in [0.05, 0.1) is 11.7 Å². The second-order valence-electron chi connectivity index (χ2n) is 4.84. The molecule has 18 heavy (non-hydrogen) atoms. The molecule has 1 aromatic rings.